The highest BCUT2D eigenvalue weighted by Gasteiger charge is 2.21. The van der Waals surface area contributed by atoms with Crippen LogP contribution in [0.1, 0.15) is 42.6 Å². The monoisotopic (exact) mass is 438 g/mol. The Hall–Kier alpha value is -2.97. The fourth-order valence-corrected chi connectivity index (χ4v) is 3.95. The number of anilines is 1. The molecule has 162 valence electrons. The summed E-state index contributed by atoms with van der Waals surface area (Å²) >= 11 is 1.36. The molecular weight excluding hydrogens is 412 g/mol. The number of nitrogens with one attached hydrogen (secondary N) is 2. The van der Waals surface area contributed by atoms with Crippen LogP contribution in [0, 0.1) is 0 Å². The normalized spacial score (nSPS) is 14.2. The number of hydrogen-bond acceptors (Lipinski definition) is 5. The molecular formula is C23H26N4O3S. The molecule has 3 aromatic rings. The van der Waals surface area contributed by atoms with Gasteiger partial charge in [-0.15, -0.1) is 11.3 Å². The van der Waals surface area contributed by atoms with Crippen molar-refractivity contribution < 1.29 is 14.3 Å². The molecule has 0 spiro atoms. The first-order valence-corrected chi connectivity index (χ1v) is 11.1. The maximum Gasteiger partial charge on any atom is 0.253 e. The third-order valence-electron chi connectivity index (χ3n) is 5.18. The molecule has 0 atom stereocenters. The third-order valence-corrected chi connectivity index (χ3v) is 5.94. The Kier molecular flexibility index (Phi) is 5.93. The molecule has 1 fully saturated rings. The second-order valence-electron chi connectivity index (χ2n) is 8.61. The van der Waals surface area contributed by atoms with Gasteiger partial charge in [0.2, 0.25) is 5.91 Å². The van der Waals surface area contributed by atoms with Crippen molar-refractivity contribution in [3.05, 3.63) is 59.2 Å². The SMILES string of the molecule is CC(C)(C)n1ccc(C(=O)NCC(=O)Nc2nc(-c3cccc(C4COC4)c3)cs2)c1. The van der Waals surface area contributed by atoms with Crippen molar-refractivity contribution in [1.29, 1.82) is 0 Å². The molecule has 2 amide bonds. The van der Waals surface area contributed by atoms with Crippen LogP contribution in [0.3, 0.4) is 0 Å². The maximum absolute atomic E-state index is 12.3. The fourth-order valence-electron chi connectivity index (χ4n) is 3.22. The zero-order valence-corrected chi connectivity index (χ0v) is 18.7. The molecule has 0 radical (unpaired) electrons. The van der Waals surface area contributed by atoms with Crippen LogP contribution < -0.4 is 10.6 Å². The van der Waals surface area contributed by atoms with Crippen LogP contribution in [-0.4, -0.2) is 41.1 Å². The van der Waals surface area contributed by atoms with Crippen molar-refractivity contribution in [2.45, 2.75) is 32.2 Å². The predicted octanol–water partition coefficient (Wildman–Crippen LogP) is 3.85. The van der Waals surface area contributed by atoms with Gasteiger partial charge in [-0.3, -0.25) is 9.59 Å². The van der Waals surface area contributed by atoms with E-state index in [2.05, 4.69) is 48.5 Å². The number of thiazole rings is 1. The Balaban J connectivity index is 1.32. The summed E-state index contributed by atoms with van der Waals surface area (Å²) in [6.45, 7) is 7.57. The summed E-state index contributed by atoms with van der Waals surface area (Å²) in [6, 6.07) is 9.99. The number of carbonyl (C=O) groups excluding carboxylic acids is 2. The minimum atomic E-state index is -0.315. The number of rotatable bonds is 6. The smallest absolute Gasteiger partial charge is 0.253 e. The minimum absolute atomic E-state index is 0.108. The highest BCUT2D eigenvalue weighted by molar-refractivity contribution is 7.14. The summed E-state index contributed by atoms with van der Waals surface area (Å²) in [5.41, 5.74) is 3.48. The van der Waals surface area contributed by atoms with E-state index in [1.807, 2.05) is 28.3 Å². The summed E-state index contributed by atoms with van der Waals surface area (Å²) < 4.78 is 7.24. The molecule has 31 heavy (non-hydrogen) atoms. The number of benzene rings is 1. The molecule has 2 N–H and O–H groups in total. The number of aromatic nitrogens is 2. The Bertz CT molecular complexity index is 1090. The lowest BCUT2D eigenvalue weighted by atomic mass is 9.95. The van der Waals surface area contributed by atoms with Crippen LogP contribution in [0.2, 0.25) is 0 Å². The van der Waals surface area contributed by atoms with Crippen LogP contribution >= 0.6 is 11.3 Å². The van der Waals surface area contributed by atoms with Crippen molar-refractivity contribution >= 4 is 28.3 Å². The summed E-state index contributed by atoms with van der Waals surface area (Å²) in [4.78, 5) is 29.1. The topological polar surface area (TPSA) is 85.3 Å². The van der Waals surface area contributed by atoms with Crippen molar-refractivity contribution in [1.82, 2.24) is 14.9 Å². The number of ether oxygens (including phenoxy) is 1. The van der Waals surface area contributed by atoms with Crippen LogP contribution in [0.25, 0.3) is 11.3 Å². The van der Waals surface area contributed by atoms with E-state index < -0.39 is 0 Å². The van der Waals surface area contributed by atoms with E-state index in [4.69, 9.17) is 4.74 Å². The summed E-state index contributed by atoms with van der Waals surface area (Å²) in [6.07, 6.45) is 3.64. The van der Waals surface area contributed by atoms with Gasteiger partial charge in [0.15, 0.2) is 5.13 Å². The molecule has 7 nitrogen and oxygen atoms in total. The lowest BCUT2D eigenvalue weighted by molar-refractivity contribution is -0.115. The van der Waals surface area contributed by atoms with Crippen LogP contribution in [0.5, 0.6) is 0 Å². The van der Waals surface area contributed by atoms with E-state index in [9.17, 15) is 9.59 Å². The number of nitrogens with zero attached hydrogens (tertiary/aromatic N) is 2. The first kappa shape index (κ1) is 21.3. The van der Waals surface area contributed by atoms with Crippen molar-refractivity contribution in [3.63, 3.8) is 0 Å². The molecule has 4 rings (SSSR count). The number of amides is 2. The van der Waals surface area contributed by atoms with Crippen LogP contribution in [-0.2, 0) is 15.1 Å². The maximum atomic E-state index is 12.3. The molecule has 3 heterocycles. The molecule has 0 saturated carbocycles. The van der Waals surface area contributed by atoms with Crippen LogP contribution in [0.4, 0.5) is 5.13 Å². The van der Waals surface area contributed by atoms with E-state index in [0.717, 1.165) is 24.5 Å². The molecule has 0 aliphatic carbocycles. The van der Waals surface area contributed by atoms with E-state index >= 15 is 0 Å². The predicted molar refractivity (Wildman–Crippen MR) is 122 cm³/mol. The molecule has 1 aliphatic rings. The summed E-state index contributed by atoms with van der Waals surface area (Å²) in [5, 5.41) is 7.83. The van der Waals surface area contributed by atoms with Gasteiger partial charge in [-0.05, 0) is 38.5 Å². The highest BCUT2D eigenvalue weighted by atomic mass is 32.1. The van der Waals surface area contributed by atoms with Crippen molar-refractivity contribution in [3.8, 4) is 11.3 Å². The van der Waals surface area contributed by atoms with Crippen molar-refractivity contribution in [2.75, 3.05) is 25.1 Å². The molecule has 1 saturated heterocycles. The quantitative estimate of drug-likeness (QED) is 0.612. The molecule has 0 bridgehead atoms. The Morgan fingerprint density at radius 3 is 2.74 bits per heavy atom. The number of carbonyl (C=O) groups is 2. The molecule has 8 heteroatoms. The molecule has 2 aromatic heterocycles. The third kappa shape index (κ3) is 5.03. The van der Waals surface area contributed by atoms with Gasteiger partial charge >= 0.3 is 0 Å². The van der Waals surface area contributed by atoms with E-state index in [0.29, 0.717) is 16.6 Å². The summed E-state index contributed by atoms with van der Waals surface area (Å²) in [5.74, 6) is -0.152. The van der Waals surface area contributed by atoms with E-state index in [1.165, 1.54) is 16.9 Å². The summed E-state index contributed by atoms with van der Waals surface area (Å²) in [7, 11) is 0. The molecule has 1 aromatic carbocycles. The molecule has 1 aliphatic heterocycles. The second-order valence-corrected chi connectivity index (χ2v) is 9.46. The largest absolute Gasteiger partial charge is 0.380 e. The Morgan fingerprint density at radius 1 is 1.26 bits per heavy atom. The van der Waals surface area contributed by atoms with E-state index in [-0.39, 0.29) is 23.9 Å². The first-order chi connectivity index (χ1) is 14.8. The van der Waals surface area contributed by atoms with Gasteiger partial charge in [0, 0.05) is 34.8 Å². The molecule has 0 unspecified atom stereocenters. The fraction of sp³-hybridized carbons (Fsp3) is 0.348. The zero-order chi connectivity index (χ0) is 22.0. The standard InChI is InChI=1S/C23H26N4O3S/c1-23(2,3)27-8-7-17(11-27)21(29)24-10-20(28)26-22-25-19(14-31-22)16-6-4-5-15(9-16)18-12-30-13-18/h4-9,11,14,18H,10,12-13H2,1-3H3,(H,24,29)(H,25,26,28). The van der Waals surface area contributed by atoms with Gasteiger partial charge in [0.25, 0.3) is 5.91 Å². The lowest BCUT2D eigenvalue weighted by Crippen LogP contribution is -2.32. The Labute approximate surface area is 185 Å². The average Bonchev–Trinajstić information content (AvgIpc) is 3.35. The zero-order valence-electron chi connectivity index (χ0n) is 17.8. The van der Waals surface area contributed by atoms with Gasteiger partial charge < -0.3 is 19.9 Å². The van der Waals surface area contributed by atoms with Crippen molar-refractivity contribution in [2.24, 2.45) is 0 Å². The van der Waals surface area contributed by atoms with Gasteiger partial charge in [-0.25, -0.2) is 4.98 Å². The average molecular weight is 439 g/mol. The van der Waals surface area contributed by atoms with Gasteiger partial charge in [-0.2, -0.15) is 0 Å². The Morgan fingerprint density at radius 2 is 2.06 bits per heavy atom. The van der Waals surface area contributed by atoms with Gasteiger partial charge in [0.1, 0.15) is 0 Å². The lowest BCUT2D eigenvalue weighted by Gasteiger charge is -2.26. The number of hydrogen-bond donors (Lipinski definition) is 2. The van der Waals surface area contributed by atoms with Crippen LogP contribution in [0.15, 0.2) is 48.1 Å². The minimum Gasteiger partial charge on any atom is -0.380 e. The second kappa shape index (κ2) is 8.64. The first-order valence-electron chi connectivity index (χ1n) is 10.2. The van der Waals surface area contributed by atoms with Gasteiger partial charge in [0.05, 0.1) is 31.0 Å². The van der Waals surface area contributed by atoms with Gasteiger partial charge in [-0.1, -0.05) is 18.2 Å². The van der Waals surface area contributed by atoms with E-state index in [1.54, 1.807) is 12.3 Å². The highest BCUT2D eigenvalue weighted by Crippen LogP contribution is 2.30.